The highest BCUT2D eigenvalue weighted by atomic mass is 32.2. The number of hydrogen-bond acceptors (Lipinski definition) is 7. The fourth-order valence-corrected chi connectivity index (χ4v) is 2.36. The van der Waals surface area contributed by atoms with Crippen molar-refractivity contribution < 1.29 is 31.7 Å². The van der Waals surface area contributed by atoms with E-state index in [0.717, 1.165) is 12.3 Å². The number of hydrogen-bond donors (Lipinski definition) is 2. The first-order valence-electron chi connectivity index (χ1n) is 6.72. The summed E-state index contributed by atoms with van der Waals surface area (Å²) in [5.41, 5.74) is 2.23. The SMILES string of the molecule is O=C(N/N=C\c1ccc(S(=O)(=O)O)o1)C1COc2ccccc2O1. The van der Waals surface area contributed by atoms with Gasteiger partial charge in [0.05, 0.1) is 6.21 Å². The number of ether oxygens (including phenoxy) is 2. The molecule has 3 rings (SSSR count). The molecule has 0 fully saturated rings. The highest BCUT2D eigenvalue weighted by molar-refractivity contribution is 7.85. The maximum absolute atomic E-state index is 12.0. The zero-order valence-corrected chi connectivity index (χ0v) is 12.9. The van der Waals surface area contributed by atoms with Crippen molar-refractivity contribution in [2.75, 3.05) is 6.61 Å². The first-order valence-corrected chi connectivity index (χ1v) is 8.16. The minimum absolute atomic E-state index is 0.0338. The molecule has 2 aromatic rings. The minimum atomic E-state index is -4.42. The van der Waals surface area contributed by atoms with Crippen molar-refractivity contribution in [2.45, 2.75) is 11.2 Å². The number of para-hydroxylation sites is 2. The van der Waals surface area contributed by atoms with Crippen LogP contribution in [-0.2, 0) is 14.9 Å². The Morgan fingerprint density at radius 2 is 2.00 bits per heavy atom. The third-order valence-corrected chi connectivity index (χ3v) is 3.75. The van der Waals surface area contributed by atoms with Gasteiger partial charge in [-0.1, -0.05) is 12.1 Å². The molecule has 2 heterocycles. The molecule has 126 valence electrons. The molecule has 0 saturated heterocycles. The van der Waals surface area contributed by atoms with Crippen LogP contribution in [0.3, 0.4) is 0 Å². The summed E-state index contributed by atoms with van der Waals surface area (Å²) in [6.07, 6.45) is 0.214. The van der Waals surface area contributed by atoms with E-state index >= 15 is 0 Å². The van der Waals surface area contributed by atoms with Crippen molar-refractivity contribution in [1.29, 1.82) is 0 Å². The van der Waals surface area contributed by atoms with Crippen LogP contribution in [0, 0.1) is 0 Å². The Labute approximate surface area is 136 Å². The molecule has 9 nitrogen and oxygen atoms in total. The summed E-state index contributed by atoms with van der Waals surface area (Å²) in [5.74, 6) is 0.506. The fraction of sp³-hybridized carbons (Fsp3) is 0.143. The number of nitrogens with one attached hydrogen (secondary N) is 1. The van der Waals surface area contributed by atoms with Gasteiger partial charge in [-0.15, -0.1) is 0 Å². The smallest absolute Gasteiger partial charge is 0.328 e. The number of carbonyl (C=O) groups excluding carboxylic acids is 1. The van der Waals surface area contributed by atoms with Crippen LogP contribution in [0.4, 0.5) is 0 Å². The average molecular weight is 352 g/mol. The number of amides is 1. The van der Waals surface area contributed by atoms with Gasteiger partial charge in [-0.2, -0.15) is 13.5 Å². The molecule has 0 saturated carbocycles. The lowest BCUT2D eigenvalue weighted by atomic mass is 10.2. The number of hydrazone groups is 1. The molecule has 24 heavy (non-hydrogen) atoms. The molecular weight excluding hydrogens is 340 g/mol. The van der Waals surface area contributed by atoms with E-state index in [1.807, 2.05) is 0 Å². The highest BCUT2D eigenvalue weighted by Gasteiger charge is 2.27. The van der Waals surface area contributed by atoms with E-state index in [0.29, 0.717) is 11.5 Å². The Kier molecular flexibility index (Phi) is 4.23. The highest BCUT2D eigenvalue weighted by Crippen LogP contribution is 2.30. The van der Waals surface area contributed by atoms with Gasteiger partial charge in [-0.3, -0.25) is 9.35 Å². The number of benzene rings is 1. The summed E-state index contributed by atoms with van der Waals surface area (Å²) in [5, 5.41) is 3.02. The van der Waals surface area contributed by atoms with Crippen molar-refractivity contribution in [3.05, 3.63) is 42.2 Å². The maximum Gasteiger partial charge on any atom is 0.328 e. The van der Waals surface area contributed by atoms with Gasteiger partial charge in [0, 0.05) is 0 Å². The summed E-state index contributed by atoms with van der Waals surface area (Å²) in [6, 6.07) is 9.28. The normalized spacial score (nSPS) is 17.0. The topological polar surface area (TPSA) is 127 Å². The van der Waals surface area contributed by atoms with E-state index < -0.39 is 27.2 Å². The predicted molar refractivity (Wildman–Crippen MR) is 80.6 cm³/mol. The molecule has 0 aliphatic carbocycles. The molecule has 1 aliphatic rings. The molecule has 0 bridgehead atoms. The Hall–Kier alpha value is -2.85. The van der Waals surface area contributed by atoms with E-state index in [2.05, 4.69) is 10.5 Å². The number of fused-ring (bicyclic) bond motifs is 1. The molecule has 1 amide bonds. The van der Waals surface area contributed by atoms with Crippen molar-refractivity contribution >= 4 is 22.2 Å². The Bertz CT molecular complexity index is 888. The van der Waals surface area contributed by atoms with Gasteiger partial charge in [0.1, 0.15) is 12.4 Å². The molecule has 1 aromatic carbocycles. The molecular formula is C14H12N2O7S. The second-order valence-corrected chi connectivity index (χ2v) is 6.08. The van der Waals surface area contributed by atoms with Crippen LogP contribution >= 0.6 is 0 Å². The summed E-state index contributed by atoms with van der Waals surface area (Å²) < 4.78 is 46.2. The summed E-state index contributed by atoms with van der Waals surface area (Å²) >= 11 is 0. The van der Waals surface area contributed by atoms with Gasteiger partial charge in [0.15, 0.2) is 11.5 Å². The van der Waals surface area contributed by atoms with Gasteiger partial charge < -0.3 is 13.9 Å². The van der Waals surface area contributed by atoms with Crippen molar-refractivity contribution in [3.8, 4) is 11.5 Å². The predicted octanol–water partition coefficient (Wildman–Crippen LogP) is 0.816. The zero-order chi connectivity index (χ0) is 17.2. The van der Waals surface area contributed by atoms with Crippen LogP contribution in [0.15, 0.2) is 51.0 Å². The van der Waals surface area contributed by atoms with Crippen LogP contribution in [0.5, 0.6) is 11.5 Å². The van der Waals surface area contributed by atoms with Crippen LogP contribution in [0.2, 0.25) is 0 Å². The molecule has 1 aromatic heterocycles. The van der Waals surface area contributed by atoms with Gasteiger partial charge in [0.25, 0.3) is 5.91 Å². The van der Waals surface area contributed by atoms with Crippen LogP contribution < -0.4 is 14.9 Å². The van der Waals surface area contributed by atoms with E-state index in [-0.39, 0.29) is 12.4 Å². The lowest BCUT2D eigenvalue weighted by molar-refractivity contribution is -0.130. The van der Waals surface area contributed by atoms with Gasteiger partial charge in [-0.05, 0) is 24.3 Å². The number of nitrogens with zero attached hydrogens (tertiary/aromatic N) is 1. The quantitative estimate of drug-likeness (QED) is 0.473. The lowest BCUT2D eigenvalue weighted by Crippen LogP contribution is -2.42. The summed E-state index contributed by atoms with van der Waals surface area (Å²) in [6.45, 7) is 0.0338. The Morgan fingerprint density at radius 1 is 1.25 bits per heavy atom. The van der Waals surface area contributed by atoms with Crippen molar-refractivity contribution in [3.63, 3.8) is 0 Å². The lowest BCUT2D eigenvalue weighted by Gasteiger charge is -2.24. The number of carbonyl (C=O) groups is 1. The summed E-state index contributed by atoms with van der Waals surface area (Å²) in [7, 11) is -4.42. The average Bonchev–Trinajstić information content (AvgIpc) is 3.03. The van der Waals surface area contributed by atoms with E-state index in [9.17, 15) is 13.2 Å². The first-order chi connectivity index (χ1) is 11.4. The van der Waals surface area contributed by atoms with Crippen LogP contribution in [0.25, 0.3) is 0 Å². The molecule has 0 spiro atoms. The third kappa shape index (κ3) is 3.55. The van der Waals surface area contributed by atoms with E-state index in [4.69, 9.17) is 18.4 Å². The summed E-state index contributed by atoms with van der Waals surface area (Å²) in [4.78, 5) is 12.0. The molecule has 1 atom stereocenters. The molecule has 0 radical (unpaired) electrons. The van der Waals surface area contributed by atoms with Gasteiger partial charge in [-0.25, -0.2) is 5.43 Å². The van der Waals surface area contributed by atoms with Gasteiger partial charge >= 0.3 is 10.1 Å². The zero-order valence-electron chi connectivity index (χ0n) is 12.1. The molecule has 1 unspecified atom stereocenters. The molecule has 2 N–H and O–H groups in total. The number of furan rings is 1. The first kappa shape index (κ1) is 16.0. The second kappa shape index (κ2) is 6.34. The number of rotatable bonds is 4. The second-order valence-electron chi connectivity index (χ2n) is 4.73. The van der Waals surface area contributed by atoms with Crippen molar-refractivity contribution in [1.82, 2.24) is 5.43 Å². The largest absolute Gasteiger partial charge is 0.485 e. The standard InChI is InChI=1S/C14H12N2O7S/c17-14(12-8-21-10-3-1-2-4-11(10)23-12)16-15-7-9-5-6-13(22-9)24(18,19)20/h1-7,12H,8H2,(H,16,17)(H,18,19,20)/b15-7-. The van der Waals surface area contributed by atoms with Gasteiger partial charge in [0.2, 0.25) is 11.2 Å². The monoisotopic (exact) mass is 352 g/mol. The molecule has 1 aliphatic heterocycles. The van der Waals surface area contributed by atoms with Crippen molar-refractivity contribution in [2.24, 2.45) is 5.10 Å². The van der Waals surface area contributed by atoms with E-state index in [1.165, 1.54) is 6.07 Å². The third-order valence-electron chi connectivity index (χ3n) is 3.02. The van der Waals surface area contributed by atoms with Crippen LogP contribution in [-0.4, -0.2) is 37.8 Å². The Balaban J connectivity index is 1.59. The van der Waals surface area contributed by atoms with Crippen LogP contribution in [0.1, 0.15) is 5.76 Å². The molecule has 10 heteroatoms. The fourth-order valence-electron chi connectivity index (χ4n) is 1.92. The maximum atomic E-state index is 12.0. The Morgan fingerprint density at radius 3 is 2.71 bits per heavy atom. The minimum Gasteiger partial charge on any atom is -0.485 e. The van der Waals surface area contributed by atoms with E-state index in [1.54, 1.807) is 24.3 Å².